The third-order valence-electron chi connectivity index (χ3n) is 0.0894. The lowest BCUT2D eigenvalue weighted by molar-refractivity contribution is 1.78. The molecule has 0 amide bonds. The summed E-state index contributed by atoms with van der Waals surface area (Å²) in [5, 5.41) is 2.92. The molecule has 0 radical (unpaired) electrons. The van der Waals surface area contributed by atoms with Gasteiger partial charge in [-0.2, -0.15) is 5.03 Å². The standard InChI is InChI=1S/BH2N3/c1-3-4-2/h1H2. The Bertz CT molecular complexity index is 41.2. The first-order valence-electron chi connectivity index (χ1n) is 0.847. The summed E-state index contributed by atoms with van der Waals surface area (Å²) in [5.74, 6) is 0. The molecule has 4 heteroatoms. The minimum absolute atomic E-state index is 1.39. The van der Waals surface area contributed by atoms with Crippen LogP contribution in [-0.4, -0.2) is 7.98 Å². The molecule has 0 saturated heterocycles. The van der Waals surface area contributed by atoms with E-state index in [1.165, 1.54) is 7.98 Å². The molecule has 0 fully saturated rings. The number of rotatable bonds is 0. The summed E-state index contributed by atoms with van der Waals surface area (Å²) >= 11 is 0. The van der Waals surface area contributed by atoms with Crippen molar-refractivity contribution in [1.29, 1.82) is 0 Å². The predicted molar refractivity (Wildman–Crippen MR) is 17.7 cm³/mol. The quantitative estimate of drug-likeness (QED) is 0.160. The number of nitrogens with zero attached hydrogens (tertiary/aromatic N) is 3. The van der Waals surface area contributed by atoms with Crippen LogP contribution < -0.4 is 0 Å². The Morgan fingerprint density at radius 2 is 2.25 bits per heavy atom. The van der Waals surface area contributed by atoms with Gasteiger partial charge in [-0.1, -0.05) is 0 Å². The second-order valence-corrected chi connectivity index (χ2v) is 0.289. The SMILES string of the molecule is BN=[N+]=[N-]. The Labute approximate surface area is 24.7 Å². The van der Waals surface area contributed by atoms with Gasteiger partial charge in [0.05, 0.1) is 0 Å². The lowest BCUT2D eigenvalue weighted by Gasteiger charge is -1.33. The number of hydrogen-bond donors (Lipinski definition) is 0. The molecule has 20 valence electrons. The van der Waals surface area contributed by atoms with Crippen LogP contribution in [0.3, 0.4) is 0 Å². The van der Waals surface area contributed by atoms with Gasteiger partial charge in [0.1, 0.15) is 0 Å². The fourth-order valence-corrected chi connectivity index (χ4v) is 0. The first kappa shape index (κ1) is 3.37. The highest BCUT2D eigenvalue weighted by Crippen LogP contribution is 1.44. The Balaban J connectivity index is 3.11. The fourth-order valence-electron chi connectivity index (χ4n) is 0. The average molecular weight is 54.8 g/mol. The third-order valence-corrected chi connectivity index (χ3v) is 0.0894. The molecule has 0 aromatic heterocycles. The molecule has 0 aliphatic heterocycles. The van der Waals surface area contributed by atoms with Crippen molar-refractivity contribution in [3.8, 4) is 0 Å². The Morgan fingerprint density at radius 1 is 2.00 bits per heavy atom. The summed E-state index contributed by atoms with van der Waals surface area (Å²) in [7, 11) is 1.39. The highest BCUT2D eigenvalue weighted by Gasteiger charge is 1.30. The summed E-state index contributed by atoms with van der Waals surface area (Å²) < 4.78 is 0. The first-order valence-corrected chi connectivity index (χ1v) is 0.847. The van der Waals surface area contributed by atoms with Crippen LogP contribution in [-0.2, 0) is 0 Å². The largest absolute Gasteiger partial charge is 0.206 e. The zero-order chi connectivity index (χ0) is 3.41. The molecule has 0 aliphatic carbocycles. The summed E-state index contributed by atoms with van der Waals surface area (Å²) in [4.78, 5) is 2.36. The van der Waals surface area contributed by atoms with Crippen molar-refractivity contribution in [3.63, 3.8) is 0 Å². The second kappa shape index (κ2) is 2.37. The highest BCUT2D eigenvalue weighted by atomic mass is 15.1. The minimum atomic E-state index is 1.39. The molecule has 0 heterocycles. The molecular formula is H2BN3. The molecule has 0 spiro atoms. The molecule has 0 saturated carbocycles. The van der Waals surface area contributed by atoms with Crippen molar-refractivity contribution in [2.45, 2.75) is 0 Å². The van der Waals surface area contributed by atoms with E-state index in [0.29, 0.717) is 0 Å². The molecular weight excluding hydrogens is 52.8 g/mol. The molecule has 0 aliphatic rings. The van der Waals surface area contributed by atoms with Gasteiger partial charge in [-0.25, -0.2) is 0 Å². The van der Waals surface area contributed by atoms with Crippen molar-refractivity contribution < 1.29 is 0 Å². The molecule has 0 rings (SSSR count). The lowest BCUT2D eigenvalue weighted by atomic mass is 10.5. The Hall–Kier alpha value is -0.625. The van der Waals surface area contributed by atoms with Crippen LogP contribution in [0.25, 0.3) is 10.4 Å². The van der Waals surface area contributed by atoms with Crippen molar-refractivity contribution in [2.24, 2.45) is 5.03 Å². The van der Waals surface area contributed by atoms with Gasteiger partial charge < -0.3 is 0 Å². The van der Waals surface area contributed by atoms with Crippen molar-refractivity contribution in [3.05, 3.63) is 10.4 Å². The van der Waals surface area contributed by atoms with E-state index < -0.39 is 0 Å². The van der Waals surface area contributed by atoms with Gasteiger partial charge in [0.2, 0.25) is 7.98 Å². The molecule has 0 atom stereocenters. The zero-order valence-electron chi connectivity index (χ0n) is 2.34. The summed E-state index contributed by atoms with van der Waals surface area (Å²) in [6.07, 6.45) is 0. The summed E-state index contributed by atoms with van der Waals surface area (Å²) in [5.41, 5.74) is 7.33. The average Bonchev–Trinajstić information content (AvgIpc) is 1.37. The maximum atomic E-state index is 7.33. The van der Waals surface area contributed by atoms with E-state index in [1.54, 1.807) is 0 Å². The maximum Gasteiger partial charge on any atom is 0.206 e. The molecule has 0 N–H and O–H groups in total. The topological polar surface area (TPSA) is 48.8 Å². The lowest BCUT2D eigenvalue weighted by Crippen LogP contribution is -1.30. The van der Waals surface area contributed by atoms with E-state index in [-0.39, 0.29) is 0 Å². The normalized spacial score (nSPS) is 4.00. The second-order valence-electron chi connectivity index (χ2n) is 0.289. The van der Waals surface area contributed by atoms with Crippen LogP contribution in [0.15, 0.2) is 5.03 Å². The minimum Gasteiger partial charge on any atom is -0.158 e. The smallest absolute Gasteiger partial charge is 0.158 e. The van der Waals surface area contributed by atoms with E-state index in [1.807, 2.05) is 0 Å². The molecule has 0 aromatic carbocycles. The molecule has 0 bridgehead atoms. The van der Waals surface area contributed by atoms with Gasteiger partial charge in [0, 0.05) is 0 Å². The van der Waals surface area contributed by atoms with E-state index in [0.717, 1.165) is 0 Å². The van der Waals surface area contributed by atoms with Crippen molar-refractivity contribution >= 4 is 7.98 Å². The Kier molecular flexibility index (Phi) is 2.00. The van der Waals surface area contributed by atoms with Crippen LogP contribution in [0.4, 0.5) is 0 Å². The molecule has 0 aromatic rings. The molecule has 4 heavy (non-hydrogen) atoms. The van der Waals surface area contributed by atoms with Gasteiger partial charge in [-0.3, -0.25) is 0 Å². The first-order chi connectivity index (χ1) is 1.91. The van der Waals surface area contributed by atoms with Gasteiger partial charge in [0.25, 0.3) is 0 Å². The van der Waals surface area contributed by atoms with Crippen LogP contribution in [0.5, 0.6) is 0 Å². The van der Waals surface area contributed by atoms with Crippen LogP contribution in [0, 0.1) is 0 Å². The van der Waals surface area contributed by atoms with Gasteiger partial charge in [0.15, 0.2) is 0 Å². The van der Waals surface area contributed by atoms with Gasteiger partial charge in [-0.15, -0.1) is 0 Å². The van der Waals surface area contributed by atoms with Crippen LogP contribution in [0.2, 0.25) is 0 Å². The monoisotopic (exact) mass is 55.0 g/mol. The predicted octanol–water partition coefficient (Wildman–Crippen LogP) is -0.155. The van der Waals surface area contributed by atoms with Crippen LogP contribution in [0.1, 0.15) is 0 Å². The van der Waals surface area contributed by atoms with E-state index in [9.17, 15) is 0 Å². The third kappa shape index (κ3) is 1.37. The van der Waals surface area contributed by atoms with Gasteiger partial charge >= 0.3 is 0 Å². The molecule has 3 nitrogen and oxygen atoms in total. The van der Waals surface area contributed by atoms with Gasteiger partial charge in [-0.05, 0) is 10.4 Å². The zero-order valence-corrected chi connectivity index (χ0v) is 2.34. The van der Waals surface area contributed by atoms with E-state index >= 15 is 0 Å². The summed E-state index contributed by atoms with van der Waals surface area (Å²) in [6.45, 7) is 0. The number of hydrogen-bond acceptors (Lipinski definition) is 1. The number of azide groups is 1. The Morgan fingerprint density at radius 3 is 2.25 bits per heavy atom. The van der Waals surface area contributed by atoms with Crippen LogP contribution >= 0.6 is 0 Å². The highest BCUT2D eigenvalue weighted by molar-refractivity contribution is 6.05. The maximum absolute atomic E-state index is 7.33. The van der Waals surface area contributed by atoms with Crippen molar-refractivity contribution in [1.82, 2.24) is 0 Å². The molecule has 0 unspecified atom stereocenters. The van der Waals surface area contributed by atoms with Crippen molar-refractivity contribution in [2.75, 3.05) is 0 Å². The summed E-state index contributed by atoms with van der Waals surface area (Å²) in [6, 6.07) is 0. The fraction of sp³-hybridized carbons (Fsp3) is 0. The van der Waals surface area contributed by atoms with E-state index in [4.69, 9.17) is 5.53 Å². The van der Waals surface area contributed by atoms with E-state index in [2.05, 4.69) is 9.94 Å².